The molecule has 1 aromatic carbocycles. The van der Waals surface area contributed by atoms with Crippen molar-refractivity contribution in [1.82, 2.24) is 0 Å². The zero-order valence-electron chi connectivity index (χ0n) is 11.1. The van der Waals surface area contributed by atoms with E-state index in [0.29, 0.717) is 12.1 Å². The van der Waals surface area contributed by atoms with Crippen molar-refractivity contribution in [1.29, 1.82) is 0 Å². The molecule has 0 amide bonds. The molecular weight excluding hydrogens is 248 g/mol. The lowest BCUT2D eigenvalue weighted by Gasteiger charge is -2.15. The van der Waals surface area contributed by atoms with Gasteiger partial charge in [-0.1, -0.05) is 0 Å². The summed E-state index contributed by atoms with van der Waals surface area (Å²) in [7, 11) is 3.16. The molecule has 1 aromatic rings. The van der Waals surface area contributed by atoms with Gasteiger partial charge >= 0.3 is 5.69 Å². The first-order valence-corrected chi connectivity index (χ1v) is 6.25. The van der Waals surface area contributed by atoms with Crippen molar-refractivity contribution in [3.8, 4) is 5.75 Å². The number of nitrogens with one attached hydrogen (secondary N) is 1. The van der Waals surface area contributed by atoms with Crippen molar-refractivity contribution < 1.29 is 14.4 Å². The fourth-order valence-electron chi connectivity index (χ4n) is 2.44. The van der Waals surface area contributed by atoms with E-state index < -0.39 is 4.92 Å². The Kier molecular flexibility index (Phi) is 4.21. The molecule has 2 rings (SSSR count). The average Bonchev–Trinajstić information content (AvgIpc) is 2.86. The van der Waals surface area contributed by atoms with E-state index in [2.05, 4.69) is 5.32 Å². The van der Waals surface area contributed by atoms with Gasteiger partial charge in [0.15, 0.2) is 5.75 Å². The lowest BCUT2D eigenvalue weighted by molar-refractivity contribution is -0.385. The summed E-state index contributed by atoms with van der Waals surface area (Å²) in [6, 6.07) is 5.18. The number of anilines is 1. The predicted octanol–water partition coefficient (Wildman–Crippen LogP) is 2.58. The van der Waals surface area contributed by atoms with Gasteiger partial charge in [-0.25, -0.2) is 0 Å². The molecule has 0 aliphatic heterocycles. The Balaban J connectivity index is 2.07. The normalized spacial score (nSPS) is 22.2. The Morgan fingerprint density at radius 1 is 1.37 bits per heavy atom. The van der Waals surface area contributed by atoms with E-state index >= 15 is 0 Å². The minimum atomic E-state index is -0.445. The van der Waals surface area contributed by atoms with Crippen LogP contribution in [0.25, 0.3) is 0 Å². The summed E-state index contributed by atoms with van der Waals surface area (Å²) in [5, 5.41) is 14.2. The van der Waals surface area contributed by atoms with Crippen LogP contribution in [0.3, 0.4) is 0 Å². The maximum atomic E-state index is 10.8. The summed E-state index contributed by atoms with van der Waals surface area (Å²) in [4.78, 5) is 10.4. The van der Waals surface area contributed by atoms with Crippen molar-refractivity contribution in [2.45, 2.75) is 31.4 Å². The van der Waals surface area contributed by atoms with Gasteiger partial charge < -0.3 is 14.8 Å². The standard InChI is InChI=1S/C13H18N2O4/c1-18-11-5-3-9(7-11)14-10-4-6-12(15(16)17)13(8-10)19-2/h4,6,8-9,11,14H,3,5,7H2,1-2H3. The van der Waals surface area contributed by atoms with Crippen LogP contribution in [0.4, 0.5) is 11.4 Å². The molecule has 0 bridgehead atoms. The molecule has 0 heterocycles. The molecule has 19 heavy (non-hydrogen) atoms. The van der Waals surface area contributed by atoms with Gasteiger partial charge in [0.1, 0.15) is 0 Å². The van der Waals surface area contributed by atoms with E-state index in [1.165, 1.54) is 13.2 Å². The highest BCUT2D eigenvalue weighted by atomic mass is 16.6. The van der Waals surface area contributed by atoms with Crippen LogP contribution in [0.1, 0.15) is 19.3 Å². The van der Waals surface area contributed by atoms with Crippen LogP contribution >= 0.6 is 0 Å². The second-order valence-electron chi connectivity index (χ2n) is 4.66. The third kappa shape index (κ3) is 3.14. The van der Waals surface area contributed by atoms with Gasteiger partial charge in [-0.2, -0.15) is 0 Å². The largest absolute Gasteiger partial charge is 0.490 e. The third-order valence-corrected chi connectivity index (χ3v) is 3.47. The number of nitro benzene ring substituents is 1. The molecule has 1 aliphatic carbocycles. The molecule has 0 aromatic heterocycles. The second-order valence-corrected chi connectivity index (χ2v) is 4.66. The fraction of sp³-hybridized carbons (Fsp3) is 0.538. The van der Waals surface area contributed by atoms with Crippen molar-refractivity contribution in [3.05, 3.63) is 28.3 Å². The highest BCUT2D eigenvalue weighted by Crippen LogP contribution is 2.31. The Morgan fingerprint density at radius 3 is 2.74 bits per heavy atom. The van der Waals surface area contributed by atoms with Gasteiger partial charge in [0.25, 0.3) is 0 Å². The maximum Gasteiger partial charge on any atom is 0.311 e. The molecule has 0 radical (unpaired) electrons. The molecule has 1 saturated carbocycles. The summed E-state index contributed by atoms with van der Waals surface area (Å²) in [5.74, 6) is 0.274. The molecule has 1 fully saturated rings. The molecule has 6 heteroatoms. The van der Waals surface area contributed by atoms with Crippen LogP contribution in [-0.2, 0) is 4.74 Å². The number of ether oxygens (including phenoxy) is 2. The summed E-state index contributed by atoms with van der Waals surface area (Å²) in [5.41, 5.74) is 0.818. The van der Waals surface area contributed by atoms with Crippen molar-refractivity contribution in [2.75, 3.05) is 19.5 Å². The predicted molar refractivity (Wildman–Crippen MR) is 71.7 cm³/mol. The van der Waals surface area contributed by atoms with Gasteiger partial charge in [-0.3, -0.25) is 10.1 Å². The van der Waals surface area contributed by atoms with E-state index in [4.69, 9.17) is 9.47 Å². The van der Waals surface area contributed by atoms with Crippen molar-refractivity contribution in [3.63, 3.8) is 0 Å². The van der Waals surface area contributed by atoms with Crippen LogP contribution in [-0.4, -0.2) is 31.3 Å². The molecule has 104 valence electrons. The van der Waals surface area contributed by atoms with Gasteiger partial charge in [0.05, 0.1) is 18.1 Å². The summed E-state index contributed by atoms with van der Waals surface area (Å²) < 4.78 is 10.4. The van der Waals surface area contributed by atoms with E-state index in [1.54, 1.807) is 19.2 Å². The van der Waals surface area contributed by atoms with Crippen LogP contribution < -0.4 is 10.1 Å². The topological polar surface area (TPSA) is 73.6 Å². The number of rotatable bonds is 5. The minimum absolute atomic E-state index is 0.0192. The molecular formula is C13H18N2O4. The van der Waals surface area contributed by atoms with E-state index in [-0.39, 0.29) is 11.4 Å². The first kappa shape index (κ1) is 13.6. The Hall–Kier alpha value is -1.82. The van der Waals surface area contributed by atoms with E-state index in [9.17, 15) is 10.1 Å². The Labute approximate surface area is 111 Å². The number of hydrogen-bond donors (Lipinski definition) is 1. The zero-order valence-corrected chi connectivity index (χ0v) is 11.1. The quantitative estimate of drug-likeness (QED) is 0.655. The number of hydrogen-bond acceptors (Lipinski definition) is 5. The monoisotopic (exact) mass is 266 g/mol. The van der Waals surface area contributed by atoms with Gasteiger partial charge in [0, 0.05) is 31.0 Å². The molecule has 0 spiro atoms. The Bertz CT molecular complexity index is 464. The number of methoxy groups -OCH3 is 2. The maximum absolute atomic E-state index is 10.8. The highest BCUT2D eigenvalue weighted by Gasteiger charge is 2.24. The van der Waals surface area contributed by atoms with E-state index in [1.807, 2.05) is 0 Å². The van der Waals surface area contributed by atoms with Crippen molar-refractivity contribution >= 4 is 11.4 Å². The molecule has 0 saturated heterocycles. The summed E-state index contributed by atoms with van der Waals surface area (Å²) >= 11 is 0. The average molecular weight is 266 g/mol. The Morgan fingerprint density at radius 2 is 2.16 bits per heavy atom. The molecule has 2 unspecified atom stereocenters. The number of benzene rings is 1. The molecule has 1 aliphatic rings. The van der Waals surface area contributed by atoms with Crippen LogP contribution in [0.15, 0.2) is 18.2 Å². The van der Waals surface area contributed by atoms with Crippen molar-refractivity contribution in [2.24, 2.45) is 0 Å². The van der Waals surface area contributed by atoms with Gasteiger partial charge in [-0.05, 0) is 25.3 Å². The van der Waals surface area contributed by atoms with Gasteiger partial charge in [0.2, 0.25) is 0 Å². The fourth-order valence-corrected chi connectivity index (χ4v) is 2.44. The highest BCUT2D eigenvalue weighted by molar-refractivity contribution is 5.58. The van der Waals surface area contributed by atoms with Crippen LogP contribution in [0, 0.1) is 10.1 Å². The molecule has 2 atom stereocenters. The first-order valence-electron chi connectivity index (χ1n) is 6.25. The summed E-state index contributed by atoms with van der Waals surface area (Å²) in [6.45, 7) is 0. The lowest BCUT2D eigenvalue weighted by atomic mass is 10.2. The van der Waals surface area contributed by atoms with Crippen LogP contribution in [0.5, 0.6) is 5.75 Å². The minimum Gasteiger partial charge on any atom is -0.490 e. The zero-order chi connectivity index (χ0) is 13.8. The smallest absolute Gasteiger partial charge is 0.311 e. The van der Waals surface area contributed by atoms with Crippen LogP contribution in [0.2, 0.25) is 0 Å². The van der Waals surface area contributed by atoms with E-state index in [0.717, 1.165) is 24.9 Å². The van der Waals surface area contributed by atoms with Gasteiger partial charge in [-0.15, -0.1) is 0 Å². The SMILES string of the molecule is COc1cc(NC2CCC(OC)C2)ccc1[N+](=O)[O-]. The molecule has 6 nitrogen and oxygen atoms in total. The second kappa shape index (κ2) is 5.88. The number of nitro groups is 1. The number of nitrogens with zero attached hydrogens (tertiary/aromatic N) is 1. The first-order chi connectivity index (χ1) is 9.13. The molecule has 1 N–H and O–H groups in total. The summed E-state index contributed by atoms with van der Waals surface area (Å²) in [6.07, 6.45) is 3.34. The third-order valence-electron chi connectivity index (χ3n) is 3.47. The lowest BCUT2D eigenvalue weighted by Crippen LogP contribution is -2.17.